The van der Waals surface area contributed by atoms with Crippen molar-refractivity contribution in [1.29, 1.82) is 0 Å². The molecule has 0 aliphatic heterocycles. The van der Waals surface area contributed by atoms with Crippen molar-refractivity contribution >= 4 is 23.2 Å². The first-order chi connectivity index (χ1) is 11.0. The molecule has 2 aromatic heterocycles. The maximum atomic E-state index is 11.3. The highest BCUT2D eigenvalue weighted by Gasteiger charge is 2.34. The van der Waals surface area contributed by atoms with Crippen LogP contribution in [0, 0.1) is 0 Å². The number of halogens is 2. The van der Waals surface area contributed by atoms with Crippen LogP contribution in [-0.4, -0.2) is 34.6 Å². The molecule has 0 saturated carbocycles. The first kappa shape index (κ1) is 15.9. The van der Waals surface area contributed by atoms with E-state index in [0.717, 1.165) is 0 Å². The number of rotatable bonds is 5. The summed E-state index contributed by atoms with van der Waals surface area (Å²) >= 11 is 12.2. The zero-order chi connectivity index (χ0) is 16.4. The van der Waals surface area contributed by atoms with Gasteiger partial charge in [0, 0.05) is 29.1 Å². The van der Waals surface area contributed by atoms with Crippen molar-refractivity contribution < 1.29 is 5.11 Å². The van der Waals surface area contributed by atoms with Crippen LogP contribution in [0.4, 0.5) is 0 Å². The fraction of sp³-hybridized carbons (Fsp3) is 0.286. The largest absolute Gasteiger partial charge is 0.383 e. The van der Waals surface area contributed by atoms with Crippen LogP contribution in [-0.2, 0) is 25.6 Å². The van der Waals surface area contributed by atoms with Gasteiger partial charge in [-0.05, 0) is 12.1 Å². The van der Waals surface area contributed by atoms with Crippen molar-refractivity contribution in [2.24, 2.45) is 7.05 Å². The lowest BCUT2D eigenvalue weighted by molar-refractivity contribution is 0.0133. The topological polar surface area (TPSA) is 81.6 Å². The van der Waals surface area contributed by atoms with Gasteiger partial charge >= 0.3 is 0 Å². The molecule has 120 valence electrons. The van der Waals surface area contributed by atoms with Crippen LogP contribution in [0.5, 0.6) is 0 Å². The molecule has 3 aromatic rings. The summed E-state index contributed by atoms with van der Waals surface area (Å²) < 4.78 is 3.11. The van der Waals surface area contributed by atoms with Crippen LogP contribution in [0.2, 0.25) is 10.0 Å². The molecule has 3 rings (SSSR count). The fourth-order valence-corrected chi connectivity index (χ4v) is 3.00. The van der Waals surface area contributed by atoms with E-state index in [-0.39, 0.29) is 13.0 Å². The molecule has 1 atom stereocenters. The lowest BCUT2D eigenvalue weighted by atomic mass is 9.90. The number of aliphatic hydroxyl groups is 1. The average Bonchev–Trinajstić information content (AvgIpc) is 3.10. The molecular formula is C14H14Cl2N6O. The molecule has 7 nitrogen and oxygen atoms in total. The van der Waals surface area contributed by atoms with E-state index in [2.05, 4.69) is 20.2 Å². The summed E-state index contributed by atoms with van der Waals surface area (Å²) in [5.74, 6) is 0.501. The van der Waals surface area contributed by atoms with E-state index < -0.39 is 5.60 Å². The zero-order valence-electron chi connectivity index (χ0n) is 12.3. The summed E-state index contributed by atoms with van der Waals surface area (Å²) in [5.41, 5.74) is -0.817. The van der Waals surface area contributed by atoms with Crippen molar-refractivity contribution in [1.82, 2.24) is 29.5 Å². The summed E-state index contributed by atoms with van der Waals surface area (Å²) in [6.45, 7) is 0.159. The molecule has 2 heterocycles. The maximum absolute atomic E-state index is 11.3. The summed E-state index contributed by atoms with van der Waals surface area (Å²) in [4.78, 5) is 8.08. The van der Waals surface area contributed by atoms with Crippen LogP contribution in [0.1, 0.15) is 11.4 Å². The van der Waals surface area contributed by atoms with Crippen molar-refractivity contribution in [3.63, 3.8) is 0 Å². The number of aromatic nitrogens is 6. The lowest BCUT2D eigenvalue weighted by Crippen LogP contribution is -2.35. The van der Waals surface area contributed by atoms with E-state index in [1.165, 1.54) is 17.3 Å². The zero-order valence-corrected chi connectivity index (χ0v) is 13.8. The monoisotopic (exact) mass is 352 g/mol. The standard InChI is InChI=1S/C14H14Cl2N6O/c1-21-9-18-13(20-21)5-14(23,6-22-8-17-7-19-22)11-3-2-10(15)4-12(11)16/h2-4,7-9,23H,5-6H2,1H3. The highest BCUT2D eigenvalue weighted by Crippen LogP contribution is 2.33. The molecule has 0 radical (unpaired) electrons. The Morgan fingerprint density at radius 1 is 1.26 bits per heavy atom. The van der Waals surface area contributed by atoms with Gasteiger partial charge in [0.2, 0.25) is 0 Å². The Balaban J connectivity index is 2.01. The van der Waals surface area contributed by atoms with Gasteiger partial charge in [0.1, 0.15) is 24.6 Å². The van der Waals surface area contributed by atoms with Crippen LogP contribution < -0.4 is 0 Å². The minimum Gasteiger partial charge on any atom is -0.383 e. The first-order valence-corrected chi connectivity index (χ1v) is 7.57. The Morgan fingerprint density at radius 2 is 2.09 bits per heavy atom. The molecule has 1 aromatic carbocycles. The van der Waals surface area contributed by atoms with Gasteiger partial charge in [-0.1, -0.05) is 29.3 Å². The highest BCUT2D eigenvalue weighted by molar-refractivity contribution is 6.35. The van der Waals surface area contributed by atoms with Gasteiger partial charge in [0.25, 0.3) is 0 Å². The molecule has 1 N–H and O–H groups in total. The smallest absolute Gasteiger partial charge is 0.153 e. The molecular weight excluding hydrogens is 339 g/mol. The highest BCUT2D eigenvalue weighted by atomic mass is 35.5. The van der Waals surface area contributed by atoms with E-state index in [1.54, 1.807) is 36.3 Å². The minimum absolute atomic E-state index is 0.159. The van der Waals surface area contributed by atoms with E-state index in [1.807, 2.05) is 0 Å². The Morgan fingerprint density at radius 3 is 2.70 bits per heavy atom. The molecule has 23 heavy (non-hydrogen) atoms. The van der Waals surface area contributed by atoms with E-state index >= 15 is 0 Å². The summed E-state index contributed by atoms with van der Waals surface area (Å²) in [7, 11) is 1.77. The fourth-order valence-electron chi connectivity index (χ4n) is 2.41. The predicted molar refractivity (Wildman–Crippen MR) is 85.1 cm³/mol. The van der Waals surface area contributed by atoms with Gasteiger partial charge in [-0.2, -0.15) is 10.2 Å². The number of aryl methyl sites for hydroxylation is 1. The number of hydrogen-bond donors (Lipinski definition) is 1. The van der Waals surface area contributed by atoms with E-state index in [4.69, 9.17) is 23.2 Å². The number of benzene rings is 1. The Kier molecular flexibility index (Phi) is 4.34. The quantitative estimate of drug-likeness (QED) is 0.757. The van der Waals surface area contributed by atoms with Crippen molar-refractivity contribution in [2.45, 2.75) is 18.6 Å². The van der Waals surface area contributed by atoms with Crippen molar-refractivity contribution in [2.75, 3.05) is 0 Å². The third-order valence-electron chi connectivity index (χ3n) is 3.42. The maximum Gasteiger partial charge on any atom is 0.153 e. The first-order valence-electron chi connectivity index (χ1n) is 6.81. The van der Waals surface area contributed by atoms with Gasteiger partial charge in [0.05, 0.1) is 6.54 Å². The van der Waals surface area contributed by atoms with Crippen molar-refractivity contribution in [3.05, 3.63) is 58.6 Å². The molecule has 0 bridgehead atoms. The van der Waals surface area contributed by atoms with E-state index in [0.29, 0.717) is 21.4 Å². The van der Waals surface area contributed by atoms with Crippen LogP contribution >= 0.6 is 23.2 Å². The molecule has 1 unspecified atom stereocenters. The average molecular weight is 353 g/mol. The molecule has 0 saturated heterocycles. The van der Waals surface area contributed by atoms with Crippen LogP contribution in [0.25, 0.3) is 0 Å². The molecule has 9 heteroatoms. The van der Waals surface area contributed by atoms with Gasteiger partial charge < -0.3 is 5.11 Å². The van der Waals surface area contributed by atoms with Crippen LogP contribution in [0.15, 0.2) is 37.2 Å². The van der Waals surface area contributed by atoms with Gasteiger partial charge in [-0.15, -0.1) is 0 Å². The van der Waals surface area contributed by atoms with Gasteiger partial charge in [0.15, 0.2) is 5.82 Å². The van der Waals surface area contributed by atoms with Crippen LogP contribution in [0.3, 0.4) is 0 Å². The Hall–Kier alpha value is -1.96. The van der Waals surface area contributed by atoms with Gasteiger partial charge in [-0.3, -0.25) is 4.68 Å². The third-order valence-corrected chi connectivity index (χ3v) is 3.97. The molecule has 0 aliphatic rings. The summed E-state index contributed by atoms with van der Waals surface area (Å²) in [6.07, 6.45) is 4.69. The van der Waals surface area contributed by atoms with Crippen molar-refractivity contribution in [3.8, 4) is 0 Å². The molecule has 0 spiro atoms. The lowest BCUT2D eigenvalue weighted by Gasteiger charge is -2.28. The molecule has 0 fully saturated rings. The number of nitrogens with zero attached hydrogens (tertiary/aromatic N) is 6. The molecule has 0 aliphatic carbocycles. The normalized spacial score (nSPS) is 13.9. The second-order valence-corrected chi connectivity index (χ2v) is 6.10. The SMILES string of the molecule is Cn1cnc(CC(O)(Cn2cncn2)c2ccc(Cl)cc2Cl)n1. The Labute approximate surface area is 142 Å². The summed E-state index contributed by atoms with van der Waals surface area (Å²) in [5, 5.41) is 20.4. The van der Waals surface area contributed by atoms with E-state index in [9.17, 15) is 5.11 Å². The second-order valence-electron chi connectivity index (χ2n) is 5.26. The Bertz CT molecular complexity index is 803. The minimum atomic E-state index is -1.35. The number of hydrogen-bond acceptors (Lipinski definition) is 5. The predicted octanol–water partition coefficient (Wildman–Crippen LogP) is 1.84. The third kappa shape index (κ3) is 3.52. The second kappa shape index (κ2) is 6.27. The van der Waals surface area contributed by atoms with Gasteiger partial charge in [-0.25, -0.2) is 14.6 Å². The summed E-state index contributed by atoms with van der Waals surface area (Å²) in [6, 6.07) is 4.97. The molecule has 0 amide bonds.